The fraction of sp³-hybridized carbons (Fsp3) is 0.286. The van der Waals surface area contributed by atoms with Gasteiger partial charge in [-0.25, -0.2) is 9.78 Å². The standard InChI is InChI=1S/C14H12F3NO2/c1-3-20-13(19)10-7-9-8(2)5-4-6-11(9)18-12(10)14(15,16)17/h4-7H,3H2,1-2H3. The average Bonchev–Trinajstić information content (AvgIpc) is 2.37. The summed E-state index contributed by atoms with van der Waals surface area (Å²) >= 11 is 0. The molecule has 0 spiro atoms. The van der Waals surface area contributed by atoms with E-state index >= 15 is 0 Å². The quantitative estimate of drug-likeness (QED) is 0.788. The molecular weight excluding hydrogens is 271 g/mol. The van der Waals surface area contributed by atoms with E-state index in [1.807, 2.05) is 0 Å². The first-order valence-electron chi connectivity index (χ1n) is 5.99. The van der Waals surface area contributed by atoms with E-state index in [-0.39, 0.29) is 12.1 Å². The van der Waals surface area contributed by atoms with Crippen LogP contribution in [0.25, 0.3) is 10.9 Å². The van der Waals surface area contributed by atoms with Gasteiger partial charge in [0.15, 0.2) is 5.69 Å². The van der Waals surface area contributed by atoms with Crippen molar-refractivity contribution < 1.29 is 22.7 Å². The number of aromatic nitrogens is 1. The summed E-state index contributed by atoms with van der Waals surface area (Å²) in [5.74, 6) is -1.02. The number of alkyl halides is 3. The van der Waals surface area contributed by atoms with Crippen LogP contribution in [0.2, 0.25) is 0 Å². The number of esters is 1. The second-order valence-electron chi connectivity index (χ2n) is 4.24. The molecule has 2 rings (SSSR count). The summed E-state index contributed by atoms with van der Waals surface area (Å²) in [6.45, 7) is 3.28. The van der Waals surface area contributed by atoms with E-state index in [1.165, 1.54) is 19.1 Å². The molecule has 3 nitrogen and oxygen atoms in total. The lowest BCUT2D eigenvalue weighted by Crippen LogP contribution is -2.17. The van der Waals surface area contributed by atoms with Gasteiger partial charge in [0.05, 0.1) is 17.7 Å². The smallest absolute Gasteiger partial charge is 0.434 e. The summed E-state index contributed by atoms with van der Waals surface area (Å²) in [7, 11) is 0. The summed E-state index contributed by atoms with van der Waals surface area (Å²) in [6, 6.07) is 6.03. The summed E-state index contributed by atoms with van der Waals surface area (Å²) in [5.41, 5.74) is -0.824. The van der Waals surface area contributed by atoms with Crippen LogP contribution in [0.5, 0.6) is 0 Å². The van der Waals surface area contributed by atoms with Crippen LogP contribution in [0.4, 0.5) is 13.2 Å². The Morgan fingerprint density at radius 1 is 1.35 bits per heavy atom. The van der Waals surface area contributed by atoms with Crippen molar-refractivity contribution >= 4 is 16.9 Å². The SMILES string of the molecule is CCOC(=O)c1cc2c(C)cccc2nc1C(F)(F)F. The molecule has 0 atom stereocenters. The number of carbonyl (C=O) groups excluding carboxylic acids is 1. The fourth-order valence-electron chi connectivity index (χ4n) is 1.92. The van der Waals surface area contributed by atoms with Gasteiger partial charge < -0.3 is 4.74 Å². The van der Waals surface area contributed by atoms with E-state index in [1.54, 1.807) is 19.1 Å². The molecule has 1 heterocycles. The Morgan fingerprint density at radius 3 is 2.65 bits per heavy atom. The lowest BCUT2D eigenvalue weighted by atomic mass is 10.0. The van der Waals surface area contributed by atoms with Gasteiger partial charge in [0, 0.05) is 5.39 Å². The average molecular weight is 283 g/mol. The summed E-state index contributed by atoms with van der Waals surface area (Å²) in [6.07, 6.45) is -4.71. The van der Waals surface area contributed by atoms with Gasteiger partial charge in [-0.2, -0.15) is 13.2 Å². The minimum atomic E-state index is -4.71. The third-order valence-corrected chi connectivity index (χ3v) is 2.84. The zero-order valence-corrected chi connectivity index (χ0v) is 10.9. The van der Waals surface area contributed by atoms with Crippen molar-refractivity contribution in [2.45, 2.75) is 20.0 Å². The first-order chi connectivity index (χ1) is 9.34. The van der Waals surface area contributed by atoms with Gasteiger partial charge in [-0.1, -0.05) is 12.1 Å². The lowest BCUT2D eigenvalue weighted by molar-refractivity contribution is -0.141. The van der Waals surface area contributed by atoms with Crippen LogP contribution < -0.4 is 0 Å². The number of pyridine rings is 1. The van der Waals surface area contributed by atoms with Crippen molar-refractivity contribution in [3.8, 4) is 0 Å². The summed E-state index contributed by atoms with van der Waals surface area (Å²) in [4.78, 5) is 15.3. The van der Waals surface area contributed by atoms with Gasteiger partial charge in [-0.3, -0.25) is 0 Å². The first kappa shape index (κ1) is 14.3. The Hall–Kier alpha value is -2.11. The monoisotopic (exact) mass is 283 g/mol. The van der Waals surface area contributed by atoms with E-state index in [0.29, 0.717) is 5.39 Å². The van der Waals surface area contributed by atoms with Crippen molar-refractivity contribution in [2.75, 3.05) is 6.61 Å². The molecule has 0 radical (unpaired) electrons. The van der Waals surface area contributed by atoms with Crippen LogP contribution in [0.3, 0.4) is 0 Å². The highest BCUT2D eigenvalue weighted by Crippen LogP contribution is 2.33. The summed E-state index contributed by atoms with van der Waals surface area (Å²) < 4.78 is 43.7. The molecule has 0 N–H and O–H groups in total. The Labute approximate surface area is 113 Å². The van der Waals surface area contributed by atoms with Crippen molar-refractivity contribution in [1.29, 1.82) is 0 Å². The largest absolute Gasteiger partial charge is 0.462 e. The zero-order valence-electron chi connectivity index (χ0n) is 10.9. The number of rotatable bonds is 2. The molecule has 0 aliphatic heterocycles. The molecule has 2 aromatic rings. The third-order valence-electron chi connectivity index (χ3n) is 2.84. The number of halogens is 3. The molecule has 0 saturated carbocycles. The molecule has 20 heavy (non-hydrogen) atoms. The Kier molecular flexibility index (Phi) is 3.65. The number of ether oxygens (including phenoxy) is 1. The highest BCUT2D eigenvalue weighted by molar-refractivity contribution is 5.96. The Balaban J connectivity index is 2.74. The van der Waals surface area contributed by atoms with E-state index in [0.717, 1.165) is 5.56 Å². The molecule has 0 fully saturated rings. The maximum absolute atomic E-state index is 13.0. The molecule has 0 saturated heterocycles. The van der Waals surface area contributed by atoms with Crippen LogP contribution >= 0.6 is 0 Å². The Bertz CT molecular complexity index is 665. The molecule has 1 aromatic carbocycles. The zero-order chi connectivity index (χ0) is 14.9. The van der Waals surface area contributed by atoms with Gasteiger partial charge >= 0.3 is 12.1 Å². The molecule has 1 aromatic heterocycles. The van der Waals surface area contributed by atoms with Crippen molar-refractivity contribution in [2.24, 2.45) is 0 Å². The predicted molar refractivity (Wildman–Crippen MR) is 67.4 cm³/mol. The molecular formula is C14H12F3NO2. The van der Waals surface area contributed by atoms with Gasteiger partial charge in [0.2, 0.25) is 0 Å². The minimum Gasteiger partial charge on any atom is -0.462 e. The fourth-order valence-corrected chi connectivity index (χ4v) is 1.92. The van der Waals surface area contributed by atoms with Crippen molar-refractivity contribution in [3.63, 3.8) is 0 Å². The van der Waals surface area contributed by atoms with Gasteiger partial charge in [0.1, 0.15) is 0 Å². The molecule has 0 aliphatic rings. The number of hydrogen-bond donors (Lipinski definition) is 0. The molecule has 0 aliphatic carbocycles. The normalized spacial score (nSPS) is 11.7. The number of nitrogens with zero attached hydrogens (tertiary/aromatic N) is 1. The van der Waals surface area contributed by atoms with E-state index in [2.05, 4.69) is 9.72 Å². The van der Waals surface area contributed by atoms with Crippen LogP contribution in [0.1, 0.15) is 28.5 Å². The third kappa shape index (κ3) is 2.59. The highest BCUT2D eigenvalue weighted by atomic mass is 19.4. The topological polar surface area (TPSA) is 39.2 Å². The van der Waals surface area contributed by atoms with Crippen molar-refractivity contribution in [3.05, 3.63) is 41.1 Å². The van der Waals surface area contributed by atoms with Crippen LogP contribution in [0, 0.1) is 6.92 Å². The second kappa shape index (κ2) is 5.11. The predicted octanol–water partition coefficient (Wildman–Crippen LogP) is 3.74. The second-order valence-corrected chi connectivity index (χ2v) is 4.24. The van der Waals surface area contributed by atoms with Gasteiger partial charge in [-0.05, 0) is 31.5 Å². The number of benzene rings is 1. The lowest BCUT2D eigenvalue weighted by Gasteiger charge is -2.13. The number of aryl methyl sites for hydroxylation is 1. The van der Waals surface area contributed by atoms with Crippen LogP contribution in [-0.4, -0.2) is 17.6 Å². The van der Waals surface area contributed by atoms with Crippen LogP contribution in [0.15, 0.2) is 24.3 Å². The number of fused-ring (bicyclic) bond motifs is 1. The maximum atomic E-state index is 13.0. The van der Waals surface area contributed by atoms with Crippen molar-refractivity contribution in [1.82, 2.24) is 4.98 Å². The van der Waals surface area contributed by atoms with Gasteiger partial charge in [-0.15, -0.1) is 0 Å². The van der Waals surface area contributed by atoms with E-state index in [4.69, 9.17) is 0 Å². The molecule has 0 unspecified atom stereocenters. The molecule has 0 bridgehead atoms. The van der Waals surface area contributed by atoms with E-state index in [9.17, 15) is 18.0 Å². The number of hydrogen-bond acceptors (Lipinski definition) is 3. The number of carbonyl (C=O) groups is 1. The first-order valence-corrected chi connectivity index (χ1v) is 5.99. The molecule has 106 valence electrons. The summed E-state index contributed by atoms with van der Waals surface area (Å²) in [5, 5.41) is 0.503. The molecule has 6 heteroatoms. The maximum Gasteiger partial charge on any atom is 0.434 e. The molecule has 0 amide bonds. The van der Waals surface area contributed by atoms with Gasteiger partial charge in [0.25, 0.3) is 0 Å². The van der Waals surface area contributed by atoms with Crippen LogP contribution in [-0.2, 0) is 10.9 Å². The highest BCUT2D eigenvalue weighted by Gasteiger charge is 2.38. The minimum absolute atomic E-state index is 0.00192. The Morgan fingerprint density at radius 2 is 2.05 bits per heavy atom. The van der Waals surface area contributed by atoms with E-state index < -0.39 is 23.4 Å².